The summed E-state index contributed by atoms with van der Waals surface area (Å²) in [5.41, 5.74) is 6.13. The Morgan fingerprint density at radius 1 is 1.38 bits per heavy atom. The zero-order valence-corrected chi connectivity index (χ0v) is 10.2. The lowest BCUT2D eigenvalue weighted by atomic mass is 10.3. The van der Waals surface area contributed by atoms with Crippen molar-refractivity contribution in [2.24, 2.45) is 0 Å². The van der Waals surface area contributed by atoms with E-state index in [1.54, 1.807) is 24.3 Å². The van der Waals surface area contributed by atoms with Gasteiger partial charge in [-0.25, -0.2) is 0 Å². The van der Waals surface area contributed by atoms with Crippen LogP contribution >= 0.6 is 0 Å². The van der Waals surface area contributed by atoms with Gasteiger partial charge in [0, 0.05) is 16.6 Å². The van der Waals surface area contributed by atoms with Crippen LogP contribution in [0.4, 0.5) is 5.69 Å². The van der Waals surface area contributed by atoms with Gasteiger partial charge in [-0.2, -0.15) is 0 Å². The first kappa shape index (κ1) is 12.7. The normalized spacial score (nSPS) is 12.4. The first-order valence-electron chi connectivity index (χ1n) is 5.02. The molecule has 0 saturated carbocycles. The van der Waals surface area contributed by atoms with E-state index in [-0.39, 0.29) is 17.7 Å². The maximum Gasteiger partial charge on any atom is 0.233 e. The van der Waals surface area contributed by atoms with Crippen molar-refractivity contribution >= 4 is 22.4 Å². The first-order valence-corrected chi connectivity index (χ1v) is 6.34. The molecule has 0 aliphatic heterocycles. The molecule has 88 valence electrons. The van der Waals surface area contributed by atoms with Gasteiger partial charge in [0.25, 0.3) is 0 Å². The third kappa shape index (κ3) is 4.02. The van der Waals surface area contributed by atoms with Crippen molar-refractivity contribution in [3.05, 3.63) is 24.3 Å². The van der Waals surface area contributed by atoms with Crippen LogP contribution in [0.25, 0.3) is 0 Å². The van der Waals surface area contributed by atoms with Crippen molar-refractivity contribution in [1.29, 1.82) is 0 Å². The van der Waals surface area contributed by atoms with Gasteiger partial charge in [-0.3, -0.25) is 9.00 Å². The van der Waals surface area contributed by atoms with Crippen LogP contribution < -0.4 is 11.1 Å². The van der Waals surface area contributed by atoms with E-state index in [1.165, 1.54) is 0 Å². The molecule has 0 saturated heterocycles. The first-order chi connectivity index (χ1) is 7.49. The van der Waals surface area contributed by atoms with Crippen LogP contribution in [0.15, 0.2) is 29.2 Å². The van der Waals surface area contributed by atoms with E-state index >= 15 is 0 Å². The van der Waals surface area contributed by atoms with Gasteiger partial charge in [0.15, 0.2) is 0 Å². The van der Waals surface area contributed by atoms with Crippen molar-refractivity contribution in [2.75, 3.05) is 11.5 Å². The molecule has 1 rings (SSSR count). The summed E-state index contributed by atoms with van der Waals surface area (Å²) in [5.74, 6) is -0.215. The van der Waals surface area contributed by atoms with E-state index in [0.717, 1.165) is 0 Å². The van der Waals surface area contributed by atoms with Gasteiger partial charge in [-0.05, 0) is 38.1 Å². The molecule has 0 fully saturated rings. The molecule has 0 aliphatic carbocycles. The maximum absolute atomic E-state index is 11.8. The fourth-order valence-corrected chi connectivity index (χ4v) is 2.11. The summed E-state index contributed by atoms with van der Waals surface area (Å²) in [7, 11) is -1.31. The Morgan fingerprint density at radius 2 is 1.94 bits per heavy atom. The van der Waals surface area contributed by atoms with Gasteiger partial charge in [-0.15, -0.1) is 0 Å². The number of nitrogen functional groups attached to an aromatic ring is 1. The van der Waals surface area contributed by atoms with Crippen LogP contribution in [0.3, 0.4) is 0 Å². The quantitative estimate of drug-likeness (QED) is 0.768. The van der Waals surface area contributed by atoms with Crippen LogP contribution in [0.5, 0.6) is 0 Å². The zero-order chi connectivity index (χ0) is 12.1. The average Bonchev–Trinajstić information content (AvgIpc) is 2.16. The Morgan fingerprint density at radius 3 is 2.44 bits per heavy atom. The van der Waals surface area contributed by atoms with E-state index in [2.05, 4.69) is 5.32 Å². The summed E-state index contributed by atoms with van der Waals surface area (Å²) < 4.78 is 11.8. The SMILES string of the molecule is CC(C)NC(=O)CS(=O)c1ccc(N)cc1. The summed E-state index contributed by atoms with van der Waals surface area (Å²) in [4.78, 5) is 12.0. The van der Waals surface area contributed by atoms with Crippen molar-refractivity contribution in [3.63, 3.8) is 0 Å². The highest BCUT2D eigenvalue weighted by atomic mass is 32.2. The highest BCUT2D eigenvalue weighted by molar-refractivity contribution is 7.85. The van der Waals surface area contributed by atoms with Gasteiger partial charge in [-0.1, -0.05) is 0 Å². The number of anilines is 1. The molecule has 0 spiro atoms. The van der Waals surface area contributed by atoms with Gasteiger partial charge in [0.1, 0.15) is 5.75 Å². The molecule has 5 heteroatoms. The molecule has 1 amide bonds. The number of carbonyl (C=O) groups excluding carboxylic acids is 1. The number of nitrogens with one attached hydrogen (secondary N) is 1. The standard InChI is InChI=1S/C11H16N2O2S/c1-8(2)13-11(14)7-16(15)10-5-3-9(12)4-6-10/h3-6,8H,7,12H2,1-2H3,(H,13,14). The zero-order valence-electron chi connectivity index (χ0n) is 9.40. The summed E-state index contributed by atoms with van der Waals surface area (Å²) in [5, 5.41) is 2.70. The lowest BCUT2D eigenvalue weighted by Gasteiger charge is -2.08. The highest BCUT2D eigenvalue weighted by Crippen LogP contribution is 2.09. The Labute approximate surface area is 97.7 Å². The number of rotatable bonds is 4. The molecule has 4 nitrogen and oxygen atoms in total. The molecule has 1 unspecified atom stereocenters. The Bertz CT molecular complexity index is 387. The minimum absolute atomic E-state index is 0.0118. The number of amides is 1. The minimum Gasteiger partial charge on any atom is -0.399 e. The molecule has 3 N–H and O–H groups in total. The Balaban J connectivity index is 2.59. The lowest BCUT2D eigenvalue weighted by molar-refractivity contribution is -0.119. The Hall–Kier alpha value is -1.36. The monoisotopic (exact) mass is 240 g/mol. The van der Waals surface area contributed by atoms with E-state index < -0.39 is 10.8 Å². The third-order valence-corrected chi connectivity index (χ3v) is 3.18. The van der Waals surface area contributed by atoms with E-state index in [4.69, 9.17) is 5.73 Å². The molecule has 0 radical (unpaired) electrons. The fourth-order valence-electron chi connectivity index (χ4n) is 1.19. The molecule has 0 bridgehead atoms. The van der Waals surface area contributed by atoms with E-state index in [9.17, 15) is 9.00 Å². The maximum atomic E-state index is 11.8. The molecule has 0 aliphatic rings. The van der Waals surface area contributed by atoms with Gasteiger partial charge >= 0.3 is 0 Å². The second-order valence-electron chi connectivity index (χ2n) is 3.78. The van der Waals surface area contributed by atoms with Crippen molar-refractivity contribution in [1.82, 2.24) is 5.32 Å². The number of carbonyl (C=O) groups is 1. The summed E-state index contributed by atoms with van der Waals surface area (Å²) in [6.45, 7) is 3.73. The van der Waals surface area contributed by atoms with Crippen LogP contribution in [0.1, 0.15) is 13.8 Å². The number of hydrogen-bond acceptors (Lipinski definition) is 3. The van der Waals surface area contributed by atoms with Crippen LogP contribution in [0.2, 0.25) is 0 Å². The number of nitrogens with two attached hydrogens (primary N) is 1. The summed E-state index contributed by atoms with van der Waals surface area (Å²) >= 11 is 0. The van der Waals surface area contributed by atoms with Crippen LogP contribution in [-0.4, -0.2) is 21.9 Å². The van der Waals surface area contributed by atoms with Crippen molar-refractivity contribution in [2.45, 2.75) is 24.8 Å². The molecule has 0 aromatic heterocycles. The smallest absolute Gasteiger partial charge is 0.233 e. The van der Waals surface area contributed by atoms with E-state index in [0.29, 0.717) is 10.6 Å². The molecule has 0 heterocycles. The third-order valence-electron chi connectivity index (χ3n) is 1.85. The van der Waals surface area contributed by atoms with Gasteiger partial charge in [0.05, 0.1) is 10.8 Å². The van der Waals surface area contributed by atoms with Crippen LogP contribution in [-0.2, 0) is 15.6 Å². The topological polar surface area (TPSA) is 72.2 Å². The largest absolute Gasteiger partial charge is 0.399 e. The van der Waals surface area contributed by atoms with Crippen molar-refractivity contribution < 1.29 is 9.00 Å². The number of benzene rings is 1. The molecular formula is C11H16N2O2S. The molecular weight excluding hydrogens is 224 g/mol. The average molecular weight is 240 g/mol. The van der Waals surface area contributed by atoms with Crippen LogP contribution in [0, 0.1) is 0 Å². The van der Waals surface area contributed by atoms with E-state index in [1.807, 2.05) is 13.8 Å². The minimum atomic E-state index is -1.31. The molecule has 16 heavy (non-hydrogen) atoms. The van der Waals surface area contributed by atoms with Crippen molar-refractivity contribution in [3.8, 4) is 0 Å². The predicted octanol–water partition coefficient (Wildman–Crippen LogP) is 0.901. The lowest BCUT2D eigenvalue weighted by Crippen LogP contribution is -2.33. The fraction of sp³-hybridized carbons (Fsp3) is 0.364. The second-order valence-corrected chi connectivity index (χ2v) is 5.23. The summed E-state index contributed by atoms with van der Waals surface area (Å²) in [6, 6.07) is 6.76. The molecule has 1 aromatic rings. The Kier molecular flexibility index (Phi) is 4.49. The second kappa shape index (κ2) is 5.65. The van der Waals surface area contributed by atoms with Gasteiger partial charge < -0.3 is 11.1 Å². The summed E-state index contributed by atoms with van der Waals surface area (Å²) in [6.07, 6.45) is 0. The molecule has 1 atom stereocenters. The highest BCUT2D eigenvalue weighted by Gasteiger charge is 2.10. The predicted molar refractivity (Wildman–Crippen MR) is 65.4 cm³/mol. The number of hydrogen-bond donors (Lipinski definition) is 2. The molecule has 1 aromatic carbocycles. The van der Waals surface area contributed by atoms with Gasteiger partial charge in [0.2, 0.25) is 5.91 Å².